The van der Waals surface area contributed by atoms with Crippen LogP contribution in [0.2, 0.25) is 0 Å². The average molecular weight is 354 g/mol. The number of nitrogens with two attached hydrogens (primary N) is 1. The molecule has 0 unspecified atom stereocenters. The number of hydrogen-bond acceptors (Lipinski definition) is 4. The Morgan fingerprint density at radius 1 is 1.48 bits per heavy atom. The second-order valence-corrected chi connectivity index (χ2v) is 5.10. The number of hydrogen-bond donors (Lipinski definition) is 2. The fourth-order valence-corrected chi connectivity index (χ4v) is 2.15. The molecule has 0 radical (unpaired) electrons. The lowest BCUT2D eigenvalue weighted by Crippen LogP contribution is -2.23. The number of nitrogen functional groups attached to an aromatic ring is 1. The molecule has 1 aromatic heterocycles. The molecule has 2 rings (SSSR count). The molecule has 3 N–H and O–H groups in total. The molecular formula is C14H13BrFN3O2. The summed E-state index contributed by atoms with van der Waals surface area (Å²) < 4.78 is 18.5. The van der Waals surface area contributed by atoms with Gasteiger partial charge in [0.25, 0.3) is 5.91 Å². The van der Waals surface area contributed by atoms with E-state index in [1.165, 1.54) is 19.2 Å². The smallest absolute Gasteiger partial charge is 0.252 e. The van der Waals surface area contributed by atoms with Gasteiger partial charge in [-0.05, 0) is 33.6 Å². The Balaban J connectivity index is 2.06. The number of nitrogens with one attached hydrogen (secondary N) is 1. The van der Waals surface area contributed by atoms with Crippen LogP contribution in [-0.4, -0.2) is 18.0 Å². The normalized spacial score (nSPS) is 10.2. The fourth-order valence-electron chi connectivity index (χ4n) is 1.65. The van der Waals surface area contributed by atoms with Gasteiger partial charge in [-0.3, -0.25) is 4.79 Å². The number of methoxy groups -OCH3 is 1. The van der Waals surface area contributed by atoms with E-state index in [1.807, 2.05) is 0 Å². The first-order valence-corrected chi connectivity index (χ1v) is 6.82. The van der Waals surface area contributed by atoms with Gasteiger partial charge in [0.05, 0.1) is 18.4 Å². The molecule has 0 aliphatic rings. The van der Waals surface area contributed by atoms with E-state index in [4.69, 9.17) is 10.5 Å². The lowest BCUT2D eigenvalue weighted by atomic mass is 10.1. The van der Waals surface area contributed by atoms with Crippen LogP contribution in [-0.2, 0) is 6.54 Å². The highest BCUT2D eigenvalue weighted by Gasteiger charge is 2.13. The topological polar surface area (TPSA) is 77.2 Å². The zero-order valence-electron chi connectivity index (χ0n) is 11.2. The van der Waals surface area contributed by atoms with Gasteiger partial charge in [-0.15, -0.1) is 0 Å². The Hall–Kier alpha value is -2.15. The van der Waals surface area contributed by atoms with Gasteiger partial charge < -0.3 is 15.8 Å². The van der Waals surface area contributed by atoms with Crippen LogP contribution < -0.4 is 15.8 Å². The minimum absolute atomic E-state index is 0.0746. The molecule has 0 saturated carbocycles. The highest BCUT2D eigenvalue weighted by molar-refractivity contribution is 9.10. The predicted octanol–water partition coefficient (Wildman–Crippen LogP) is 2.50. The first kappa shape index (κ1) is 15.2. The molecule has 0 fully saturated rings. The molecule has 1 aromatic carbocycles. The van der Waals surface area contributed by atoms with E-state index in [2.05, 4.69) is 26.2 Å². The molecule has 1 heterocycles. The summed E-state index contributed by atoms with van der Waals surface area (Å²) in [7, 11) is 1.53. The zero-order valence-corrected chi connectivity index (χ0v) is 12.8. The molecule has 7 heteroatoms. The van der Waals surface area contributed by atoms with Crippen molar-refractivity contribution in [1.82, 2.24) is 10.3 Å². The minimum atomic E-state index is -0.572. The molecule has 0 atom stereocenters. The molecule has 0 spiro atoms. The summed E-state index contributed by atoms with van der Waals surface area (Å²) in [4.78, 5) is 16.1. The maximum atomic E-state index is 13.2. The monoisotopic (exact) mass is 353 g/mol. The molecule has 21 heavy (non-hydrogen) atoms. The number of amides is 1. The van der Waals surface area contributed by atoms with Crippen molar-refractivity contribution < 1.29 is 13.9 Å². The zero-order chi connectivity index (χ0) is 15.4. The number of carbonyl (C=O) groups is 1. The van der Waals surface area contributed by atoms with Crippen LogP contribution in [0.4, 0.5) is 10.1 Å². The molecule has 0 saturated heterocycles. The Kier molecular flexibility index (Phi) is 4.74. The molecule has 2 aromatic rings. The van der Waals surface area contributed by atoms with E-state index < -0.39 is 5.82 Å². The van der Waals surface area contributed by atoms with Gasteiger partial charge in [0.15, 0.2) is 0 Å². The molecule has 0 bridgehead atoms. The van der Waals surface area contributed by atoms with Gasteiger partial charge in [0, 0.05) is 23.3 Å². The Bertz CT molecular complexity index is 662. The number of benzene rings is 1. The largest absolute Gasteiger partial charge is 0.481 e. The fraction of sp³-hybridized carbons (Fsp3) is 0.143. The molecule has 0 aliphatic carbocycles. The summed E-state index contributed by atoms with van der Waals surface area (Å²) >= 11 is 3.14. The molecular weight excluding hydrogens is 341 g/mol. The SMILES string of the molecule is COc1ccc(CNC(=O)c2cc(N)c(F)cc2Br)cn1. The highest BCUT2D eigenvalue weighted by Crippen LogP contribution is 2.22. The van der Waals surface area contributed by atoms with E-state index in [1.54, 1.807) is 18.3 Å². The Morgan fingerprint density at radius 2 is 2.24 bits per heavy atom. The van der Waals surface area contributed by atoms with Gasteiger partial charge in [0.1, 0.15) is 5.82 Å². The standard InChI is InChI=1S/C14H13BrFN3O2/c1-21-13-3-2-8(6-18-13)7-19-14(20)9-4-12(17)11(16)5-10(9)15/h2-6H,7,17H2,1H3,(H,19,20). The maximum Gasteiger partial charge on any atom is 0.252 e. The number of pyridine rings is 1. The van der Waals surface area contributed by atoms with Gasteiger partial charge in [-0.1, -0.05) is 6.07 Å². The summed E-state index contributed by atoms with van der Waals surface area (Å²) in [5.74, 6) is -0.429. The van der Waals surface area contributed by atoms with Crippen LogP contribution in [0.25, 0.3) is 0 Å². The van der Waals surface area contributed by atoms with Gasteiger partial charge >= 0.3 is 0 Å². The van der Waals surface area contributed by atoms with Crippen molar-refractivity contribution in [3.8, 4) is 5.88 Å². The Morgan fingerprint density at radius 3 is 2.86 bits per heavy atom. The molecule has 110 valence electrons. The van der Waals surface area contributed by atoms with Crippen LogP contribution >= 0.6 is 15.9 Å². The second kappa shape index (κ2) is 6.53. The van der Waals surface area contributed by atoms with Gasteiger partial charge in [-0.25, -0.2) is 9.37 Å². The molecule has 0 aliphatic heterocycles. The third-order valence-electron chi connectivity index (χ3n) is 2.79. The van der Waals surface area contributed by atoms with Crippen molar-refractivity contribution in [3.63, 3.8) is 0 Å². The van der Waals surface area contributed by atoms with Crippen molar-refractivity contribution in [3.05, 3.63) is 51.9 Å². The summed E-state index contributed by atoms with van der Waals surface area (Å²) in [6.45, 7) is 0.291. The quantitative estimate of drug-likeness (QED) is 0.828. The lowest BCUT2D eigenvalue weighted by Gasteiger charge is -2.08. The van der Waals surface area contributed by atoms with Gasteiger partial charge in [0.2, 0.25) is 5.88 Å². The number of aromatic nitrogens is 1. The predicted molar refractivity (Wildman–Crippen MR) is 80.5 cm³/mol. The van der Waals surface area contributed by atoms with Crippen LogP contribution in [0, 0.1) is 5.82 Å². The third-order valence-corrected chi connectivity index (χ3v) is 3.45. The van der Waals surface area contributed by atoms with Crippen molar-refractivity contribution in [2.24, 2.45) is 0 Å². The summed E-state index contributed by atoms with van der Waals surface area (Å²) in [5, 5.41) is 2.71. The van der Waals surface area contributed by atoms with E-state index >= 15 is 0 Å². The van der Waals surface area contributed by atoms with Gasteiger partial charge in [-0.2, -0.15) is 0 Å². The maximum absolute atomic E-state index is 13.2. The van der Waals surface area contributed by atoms with Crippen molar-refractivity contribution in [2.75, 3.05) is 12.8 Å². The summed E-state index contributed by atoms with van der Waals surface area (Å²) in [5.41, 5.74) is 6.48. The van der Waals surface area contributed by atoms with E-state index in [9.17, 15) is 9.18 Å². The third kappa shape index (κ3) is 3.69. The first-order valence-electron chi connectivity index (χ1n) is 6.03. The van der Waals surface area contributed by atoms with E-state index in [-0.39, 0.29) is 17.2 Å². The van der Waals surface area contributed by atoms with E-state index in [0.717, 1.165) is 5.56 Å². The average Bonchev–Trinajstić information content (AvgIpc) is 2.49. The van der Waals surface area contributed by atoms with Crippen molar-refractivity contribution in [1.29, 1.82) is 0 Å². The summed E-state index contributed by atoms with van der Waals surface area (Å²) in [6.07, 6.45) is 1.60. The van der Waals surface area contributed by atoms with Crippen molar-refractivity contribution in [2.45, 2.75) is 6.54 Å². The number of rotatable bonds is 4. The van der Waals surface area contributed by atoms with Crippen molar-refractivity contribution >= 4 is 27.5 Å². The summed E-state index contributed by atoms with van der Waals surface area (Å²) in [6, 6.07) is 5.95. The number of ether oxygens (including phenoxy) is 1. The Labute approximate surface area is 129 Å². The van der Waals surface area contributed by atoms with Crippen LogP contribution in [0.3, 0.4) is 0 Å². The second-order valence-electron chi connectivity index (χ2n) is 4.25. The van der Waals surface area contributed by atoms with E-state index in [0.29, 0.717) is 16.9 Å². The molecule has 1 amide bonds. The van der Waals surface area contributed by atoms with Crippen LogP contribution in [0.15, 0.2) is 34.9 Å². The minimum Gasteiger partial charge on any atom is -0.481 e. The number of carbonyl (C=O) groups excluding carboxylic acids is 1. The molecule has 5 nitrogen and oxygen atoms in total. The lowest BCUT2D eigenvalue weighted by molar-refractivity contribution is 0.0950. The van der Waals surface area contributed by atoms with Crippen LogP contribution in [0.1, 0.15) is 15.9 Å². The number of nitrogens with zero attached hydrogens (tertiary/aromatic N) is 1. The first-order chi connectivity index (χ1) is 10.0. The van der Waals surface area contributed by atoms with Crippen LogP contribution in [0.5, 0.6) is 5.88 Å². The number of anilines is 1. The number of halogens is 2. The highest BCUT2D eigenvalue weighted by atomic mass is 79.9.